The molecule has 1 aromatic heterocycles. The summed E-state index contributed by atoms with van der Waals surface area (Å²) in [7, 11) is 0. The van der Waals surface area contributed by atoms with Crippen molar-refractivity contribution in [3.8, 4) is 0 Å². The first-order chi connectivity index (χ1) is 11.6. The van der Waals surface area contributed by atoms with Gasteiger partial charge in [-0.1, -0.05) is 11.6 Å². The third-order valence-corrected chi connectivity index (χ3v) is 4.98. The molecule has 0 N–H and O–H groups in total. The number of nitro groups is 1. The molecule has 24 heavy (non-hydrogen) atoms. The first-order valence-electron chi connectivity index (χ1n) is 8.10. The van der Waals surface area contributed by atoms with Crippen molar-refractivity contribution in [1.82, 2.24) is 14.9 Å². The van der Waals surface area contributed by atoms with Gasteiger partial charge in [0.1, 0.15) is 5.82 Å². The van der Waals surface area contributed by atoms with Gasteiger partial charge < -0.3 is 0 Å². The molecule has 6 nitrogen and oxygen atoms in total. The maximum Gasteiger partial charge on any atom is 0.269 e. The lowest BCUT2D eigenvalue weighted by atomic mass is 10.1. The Morgan fingerprint density at radius 2 is 2.21 bits per heavy atom. The van der Waals surface area contributed by atoms with Gasteiger partial charge >= 0.3 is 0 Å². The monoisotopic (exact) mass is 344 g/mol. The predicted molar refractivity (Wildman–Crippen MR) is 89.9 cm³/mol. The molecular weight excluding hydrogens is 328 g/mol. The highest BCUT2D eigenvalue weighted by Crippen LogP contribution is 2.38. The Bertz CT molecular complexity index is 807. The molecule has 2 aromatic rings. The van der Waals surface area contributed by atoms with Gasteiger partial charge in [-0.2, -0.15) is 0 Å². The Hall–Kier alpha value is -2.05. The van der Waals surface area contributed by atoms with Crippen LogP contribution in [-0.2, 0) is 19.5 Å². The molecule has 1 aliphatic carbocycles. The van der Waals surface area contributed by atoms with E-state index in [2.05, 4.69) is 9.88 Å². The van der Waals surface area contributed by atoms with Crippen LogP contribution in [0.3, 0.4) is 0 Å². The number of nitro benzene ring substituents is 1. The standard InChI is InChI=1S/C17H17ClN4O2/c18-15-4-3-14(22(23)24)7-12(15)9-21-6-5-16-13(10-21)8-19-17(20-16)11-1-2-11/h3-4,7-8,11H,1-2,5-6,9-10H2. The molecule has 1 aliphatic heterocycles. The van der Waals surface area contributed by atoms with E-state index in [1.54, 1.807) is 12.1 Å². The third-order valence-electron chi connectivity index (χ3n) is 4.61. The predicted octanol–water partition coefficient (Wildman–Crippen LogP) is 3.47. The van der Waals surface area contributed by atoms with Crippen LogP contribution in [0.2, 0.25) is 5.02 Å². The zero-order valence-electron chi connectivity index (χ0n) is 13.1. The van der Waals surface area contributed by atoms with Gasteiger partial charge in [0.2, 0.25) is 0 Å². The van der Waals surface area contributed by atoms with Crippen molar-refractivity contribution in [2.24, 2.45) is 0 Å². The third kappa shape index (κ3) is 3.12. The molecule has 0 spiro atoms. The van der Waals surface area contributed by atoms with Gasteiger partial charge in [-0.15, -0.1) is 0 Å². The second-order valence-corrected chi connectivity index (χ2v) is 6.88. The molecule has 1 fully saturated rings. The normalized spacial score (nSPS) is 17.5. The van der Waals surface area contributed by atoms with E-state index in [-0.39, 0.29) is 5.69 Å². The van der Waals surface area contributed by atoms with Crippen LogP contribution in [0.25, 0.3) is 0 Å². The smallest absolute Gasteiger partial charge is 0.269 e. The molecule has 2 aliphatic rings. The molecule has 0 amide bonds. The summed E-state index contributed by atoms with van der Waals surface area (Å²) >= 11 is 6.21. The summed E-state index contributed by atoms with van der Waals surface area (Å²) in [6, 6.07) is 4.59. The molecule has 0 unspecified atom stereocenters. The van der Waals surface area contributed by atoms with Crippen LogP contribution in [0.1, 0.15) is 41.4 Å². The molecule has 0 bridgehead atoms. The summed E-state index contributed by atoms with van der Waals surface area (Å²) in [6.07, 6.45) is 5.23. The van der Waals surface area contributed by atoms with Crippen LogP contribution < -0.4 is 0 Å². The summed E-state index contributed by atoms with van der Waals surface area (Å²) in [4.78, 5) is 22.0. The number of benzene rings is 1. The van der Waals surface area contributed by atoms with Crippen LogP contribution in [0, 0.1) is 10.1 Å². The Labute approximate surface area is 144 Å². The van der Waals surface area contributed by atoms with Crippen molar-refractivity contribution in [1.29, 1.82) is 0 Å². The quantitative estimate of drug-likeness (QED) is 0.627. The van der Waals surface area contributed by atoms with E-state index in [1.807, 2.05) is 6.20 Å². The van der Waals surface area contributed by atoms with Crippen LogP contribution in [0.5, 0.6) is 0 Å². The average Bonchev–Trinajstić information content (AvgIpc) is 3.41. The summed E-state index contributed by atoms with van der Waals surface area (Å²) < 4.78 is 0. The number of rotatable bonds is 4. The van der Waals surface area contributed by atoms with Crippen molar-refractivity contribution in [2.75, 3.05) is 6.54 Å². The molecule has 1 aromatic carbocycles. The largest absolute Gasteiger partial charge is 0.294 e. The maximum atomic E-state index is 10.9. The Morgan fingerprint density at radius 1 is 1.38 bits per heavy atom. The van der Waals surface area contributed by atoms with E-state index in [4.69, 9.17) is 16.6 Å². The van der Waals surface area contributed by atoms with E-state index in [0.29, 0.717) is 17.5 Å². The number of non-ortho nitro benzene ring substituents is 1. The number of nitrogens with zero attached hydrogens (tertiary/aromatic N) is 4. The maximum absolute atomic E-state index is 10.9. The Morgan fingerprint density at radius 3 is 2.96 bits per heavy atom. The van der Waals surface area contributed by atoms with E-state index in [9.17, 15) is 10.1 Å². The Kier molecular flexibility index (Phi) is 3.94. The van der Waals surface area contributed by atoms with Crippen LogP contribution in [0.15, 0.2) is 24.4 Å². The van der Waals surface area contributed by atoms with Crippen LogP contribution in [-0.4, -0.2) is 26.3 Å². The first-order valence-corrected chi connectivity index (χ1v) is 8.48. The van der Waals surface area contributed by atoms with Gasteiger partial charge in [0.05, 0.1) is 4.92 Å². The van der Waals surface area contributed by atoms with E-state index in [0.717, 1.165) is 42.2 Å². The Balaban J connectivity index is 1.51. The highest BCUT2D eigenvalue weighted by Gasteiger charge is 2.28. The fourth-order valence-corrected chi connectivity index (χ4v) is 3.28. The SMILES string of the molecule is O=[N+]([O-])c1ccc(Cl)c(CN2CCc3nc(C4CC4)ncc3C2)c1. The van der Waals surface area contributed by atoms with Crippen LogP contribution >= 0.6 is 11.6 Å². The van der Waals surface area contributed by atoms with Crippen molar-refractivity contribution in [3.63, 3.8) is 0 Å². The van der Waals surface area contributed by atoms with Crippen molar-refractivity contribution < 1.29 is 4.92 Å². The minimum Gasteiger partial charge on any atom is -0.294 e. The lowest BCUT2D eigenvalue weighted by molar-refractivity contribution is -0.384. The van der Waals surface area contributed by atoms with Crippen molar-refractivity contribution >= 4 is 17.3 Å². The van der Waals surface area contributed by atoms with E-state index < -0.39 is 4.92 Å². The number of hydrogen-bond acceptors (Lipinski definition) is 5. The molecule has 2 heterocycles. The molecule has 7 heteroatoms. The zero-order valence-corrected chi connectivity index (χ0v) is 13.9. The molecule has 1 saturated carbocycles. The molecule has 0 radical (unpaired) electrons. The van der Waals surface area contributed by atoms with E-state index >= 15 is 0 Å². The van der Waals surface area contributed by atoms with E-state index in [1.165, 1.54) is 18.9 Å². The number of aromatic nitrogens is 2. The summed E-state index contributed by atoms with van der Waals surface area (Å²) in [5.74, 6) is 1.56. The topological polar surface area (TPSA) is 72.2 Å². The number of hydrogen-bond donors (Lipinski definition) is 0. The van der Waals surface area contributed by atoms with Crippen LogP contribution in [0.4, 0.5) is 5.69 Å². The fourth-order valence-electron chi connectivity index (χ4n) is 3.10. The fraction of sp³-hybridized carbons (Fsp3) is 0.412. The molecule has 0 saturated heterocycles. The minimum atomic E-state index is -0.390. The zero-order chi connectivity index (χ0) is 16.7. The average molecular weight is 345 g/mol. The van der Waals surface area contributed by atoms with Gasteiger partial charge in [0.15, 0.2) is 0 Å². The van der Waals surface area contributed by atoms with Gasteiger partial charge in [0, 0.05) is 66.6 Å². The summed E-state index contributed by atoms with van der Waals surface area (Å²) in [6.45, 7) is 2.21. The second-order valence-electron chi connectivity index (χ2n) is 6.47. The summed E-state index contributed by atoms with van der Waals surface area (Å²) in [5, 5.41) is 11.5. The van der Waals surface area contributed by atoms with Gasteiger partial charge in [-0.25, -0.2) is 9.97 Å². The highest BCUT2D eigenvalue weighted by atomic mass is 35.5. The second kappa shape index (κ2) is 6.11. The lowest BCUT2D eigenvalue weighted by Crippen LogP contribution is -2.31. The highest BCUT2D eigenvalue weighted by molar-refractivity contribution is 6.31. The number of halogens is 1. The lowest BCUT2D eigenvalue weighted by Gasteiger charge is -2.28. The van der Waals surface area contributed by atoms with Gasteiger partial charge in [-0.3, -0.25) is 15.0 Å². The molecular formula is C17H17ClN4O2. The first kappa shape index (κ1) is 15.5. The van der Waals surface area contributed by atoms with Crippen molar-refractivity contribution in [3.05, 3.63) is 62.2 Å². The van der Waals surface area contributed by atoms with Gasteiger partial charge in [0.25, 0.3) is 5.69 Å². The minimum absolute atomic E-state index is 0.0734. The summed E-state index contributed by atoms with van der Waals surface area (Å²) in [5.41, 5.74) is 3.15. The molecule has 0 atom stereocenters. The van der Waals surface area contributed by atoms with Gasteiger partial charge in [-0.05, 0) is 24.5 Å². The number of fused-ring (bicyclic) bond motifs is 1. The molecule has 124 valence electrons. The van der Waals surface area contributed by atoms with Crippen molar-refractivity contribution in [2.45, 2.75) is 38.3 Å². The molecule has 4 rings (SSSR count).